The molecule has 0 aliphatic carbocycles. The second kappa shape index (κ2) is 4.35. The van der Waals surface area contributed by atoms with Gasteiger partial charge in [-0.05, 0) is 12.1 Å². The van der Waals surface area contributed by atoms with Gasteiger partial charge in [0.2, 0.25) is 0 Å². The van der Waals surface area contributed by atoms with Gasteiger partial charge in [-0.2, -0.15) is 16.8 Å². The highest BCUT2D eigenvalue weighted by Gasteiger charge is 2.23. The van der Waals surface area contributed by atoms with Crippen LogP contribution in [0.25, 0.3) is 0 Å². The van der Waals surface area contributed by atoms with Crippen molar-refractivity contribution in [3.63, 3.8) is 0 Å². The molecule has 0 unspecified atom stereocenters. The molecular formula is C7H5ClO7S2. The molecule has 2 N–H and O–H groups in total. The molecule has 0 aliphatic rings. The average molecular weight is 301 g/mol. The van der Waals surface area contributed by atoms with Crippen molar-refractivity contribution in [1.29, 1.82) is 0 Å². The van der Waals surface area contributed by atoms with Crippen molar-refractivity contribution in [2.75, 3.05) is 0 Å². The molecule has 0 aliphatic heterocycles. The summed E-state index contributed by atoms with van der Waals surface area (Å²) in [7, 11) is -9.58. The number of aldehydes is 1. The van der Waals surface area contributed by atoms with E-state index in [2.05, 4.69) is 0 Å². The van der Waals surface area contributed by atoms with Crippen molar-refractivity contribution in [3.8, 4) is 0 Å². The van der Waals surface area contributed by atoms with Crippen LogP contribution >= 0.6 is 11.6 Å². The summed E-state index contributed by atoms with van der Waals surface area (Å²) in [5, 5.41) is -0.540. The van der Waals surface area contributed by atoms with Crippen LogP contribution in [0.5, 0.6) is 0 Å². The third-order valence-corrected chi connectivity index (χ3v) is 3.97. The Morgan fingerprint density at radius 1 is 1.00 bits per heavy atom. The first-order valence-corrected chi connectivity index (χ1v) is 7.07. The van der Waals surface area contributed by atoms with Crippen molar-refractivity contribution in [3.05, 3.63) is 22.7 Å². The third kappa shape index (κ3) is 3.01. The van der Waals surface area contributed by atoms with Crippen LogP contribution in [0.2, 0.25) is 5.02 Å². The Kier molecular flexibility index (Phi) is 3.60. The van der Waals surface area contributed by atoms with Gasteiger partial charge in [0.05, 0.1) is 5.02 Å². The molecule has 0 radical (unpaired) electrons. The quantitative estimate of drug-likeness (QED) is 0.619. The average Bonchev–Trinajstić information content (AvgIpc) is 2.13. The van der Waals surface area contributed by atoms with Gasteiger partial charge in [0.1, 0.15) is 9.79 Å². The maximum atomic E-state index is 10.9. The highest BCUT2D eigenvalue weighted by Crippen LogP contribution is 2.27. The minimum atomic E-state index is -4.81. The lowest BCUT2D eigenvalue weighted by Gasteiger charge is -2.05. The smallest absolute Gasteiger partial charge is 0.296 e. The lowest BCUT2D eigenvalue weighted by molar-refractivity contribution is 0.112. The predicted octanol–water partition coefficient (Wildman–Crippen LogP) is 0.646. The van der Waals surface area contributed by atoms with E-state index in [0.717, 1.165) is 0 Å². The van der Waals surface area contributed by atoms with E-state index >= 15 is 0 Å². The van der Waals surface area contributed by atoms with Crippen molar-refractivity contribution < 1.29 is 30.7 Å². The molecular weight excluding hydrogens is 296 g/mol. The molecule has 1 aromatic rings. The van der Waals surface area contributed by atoms with Gasteiger partial charge < -0.3 is 0 Å². The van der Waals surface area contributed by atoms with Crippen LogP contribution in [-0.4, -0.2) is 32.2 Å². The zero-order valence-electron chi connectivity index (χ0n) is 7.86. The van der Waals surface area contributed by atoms with Gasteiger partial charge in [-0.1, -0.05) is 11.6 Å². The minimum absolute atomic E-state index is 0.0722. The summed E-state index contributed by atoms with van der Waals surface area (Å²) in [6.45, 7) is 0. The fraction of sp³-hybridized carbons (Fsp3) is 0. The number of hydrogen-bond acceptors (Lipinski definition) is 5. The molecule has 1 rings (SSSR count). The van der Waals surface area contributed by atoms with Crippen molar-refractivity contribution in [2.45, 2.75) is 9.79 Å². The normalized spacial score (nSPS) is 12.4. The molecule has 0 atom stereocenters. The van der Waals surface area contributed by atoms with E-state index in [-0.39, 0.29) is 6.29 Å². The first-order chi connectivity index (χ1) is 7.57. The number of rotatable bonds is 3. The molecule has 0 spiro atoms. The van der Waals surface area contributed by atoms with E-state index in [0.29, 0.717) is 12.1 Å². The maximum Gasteiger partial charge on any atom is 0.296 e. The topological polar surface area (TPSA) is 126 Å². The zero-order chi connectivity index (χ0) is 13.4. The van der Waals surface area contributed by atoms with Gasteiger partial charge in [-0.25, -0.2) is 0 Å². The van der Waals surface area contributed by atoms with Crippen LogP contribution in [0.1, 0.15) is 10.4 Å². The van der Waals surface area contributed by atoms with Crippen LogP contribution in [0.15, 0.2) is 21.9 Å². The number of carbonyl (C=O) groups excluding carboxylic acids is 1. The monoisotopic (exact) mass is 300 g/mol. The Balaban J connectivity index is 3.79. The predicted molar refractivity (Wildman–Crippen MR) is 56.5 cm³/mol. The molecule has 10 heteroatoms. The van der Waals surface area contributed by atoms with E-state index in [4.69, 9.17) is 20.7 Å². The van der Waals surface area contributed by atoms with E-state index < -0.39 is 40.6 Å². The second-order valence-electron chi connectivity index (χ2n) is 2.89. The SMILES string of the molecule is O=Cc1cc(Cl)c(S(=O)(=O)O)cc1S(=O)(=O)O. The molecule has 0 saturated heterocycles. The summed E-state index contributed by atoms with van der Waals surface area (Å²) in [6.07, 6.45) is 0.0722. The van der Waals surface area contributed by atoms with Gasteiger partial charge in [0.15, 0.2) is 6.29 Å². The standard InChI is InChI=1S/C7H5ClO7S2/c8-5-1-4(3-9)6(16(10,11)12)2-7(5)17(13,14)15/h1-3H,(H,10,11,12)(H,13,14,15). The molecule has 0 bridgehead atoms. The molecule has 17 heavy (non-hydrogen) atoms. The maximum absolute atomic E-state index is 10.9. The molecule has 7 nitrogen and oxygen atoms in total. The number of hydrogen-bond donors (Lipinski definition) is 2. The zero-order valence-corrected chi connectivity index (χ0v) is 10.3. The number of halogens is 1. The van der Waals surface area contributed by atoms with E-state index in [1.54, 1.807) is 0 Å². The summed E-state index contributed by atoms with van der Waals surface area (Å²) in [5.41, 5.74) is -0.523. The second-order valence-corrected chi connectivity index (χ2v) is 6.08. The summed E-state index contributed by atoms with van der Waals surface area (Å²) in [5.74, 6) is 0. The van der Waals surface area contributed by atoms with Crippen molar-refractivity contribution in [1.82, 2.24) is 0 Å². The van der Waals surface area contributed by atoms with Crippen molar-refractivity contribution >= 4 is 38.1 Å². The van der Waals surface area contributed by atoms with Crippen molar-refractivity contribution in [2.24, 2.45) is 0 Å². The molecule has 0 saturated carbocycles. The van der Waals surface area contributed by atoms with Gasteiger partial charge >= 0.3 is 0 Å². The minimum Gasteiger partial charge on any atom is -0.298 e. The van der Waals surface area contributed by atoms with Crippen LogP contribution in [0.4, 0.5) is 0 Å². The molecule has 1 aromatic carbocycles. The van der Waals surface area contributed by atoms with E-state index in [1.807, 2.05) is 0 Å². The highest BCUT2D eigenvalue weighted by atomic mass is 35.5. The highest BCUT2D eigenvalue weighted by molar-refractivity contribution is 7.86. The van der Waals surface area contributed by atoms with Gasteiger partial charge in [0, 0.05) is 5.56 Å². The van der Waals surface area contributed by atoms with Gasteiger partial charge in [-0.3, -0.25) is 13.9 Å². The van der Waals surface area contributed by atoms with Gasteiger partial charge in [0.25, 0.3) is 20.2 Å². The Morgan fingerprint density at radius 2 is 1.47 bits per heavy atom. The molecule has 0 fully saturated rings. The fourth-order valence-corrected chi connectivity index (χ4v) is 2.85. The van der Waals surface area contributed by atoms with E-state index in [1.165, 1.54) is 0 Å². The Hall–Kier alpha value is -1.00. The largest absolute Gasteiger partial charge is 0.298 e. The van der Waals surface area contributed by atoms with Crippen LogP contribution in [0, 0.1) is 0 Å². The third-order valence-electron chi connectivity index (χ3n) is 1.75. The van der Waals surface area contributed by atoms with Gasteiger partial charge in [-0.15, -0.1) is 0 Å². The first-order valence-electron chi connectivity index (χ1n) is 3.81. The Bertz CT molecular complexity index is 674. The van der Waals surface area contributed by atoms with Crippen LogP contribution in [0.3, 0.4) is 0 Å². The van der Waals surface area contributed by atoms with E-state index in [9.17, 15) is 21.6 Å². The molecule has 0 heterocycles. The summed E-state index contributed by atoms with van der Waals surface area (Å²) >= 11 is 5.44. The number of carbonyl (C=O) groups is 1. The Labute approximate surface area is 102 Å². The summed E-state index contributed by atoms with van der Waals surface area (Å²) in [4.78, 5) is 8.67. The Morgan fingerprint density at radius 3 is 1.82 bits per heavy atom. The molecule has 0 aromatic heterocycles. The lowest BCUT2D eigenvalue weighted by Crippen LogP contribution is -2.07. The molecule has 94 valence electrons. The first kappa shape index (κ1) is 14.1. The van der Waals surface area contributed by atoms with Crippen LogP contribution in [-0.2, 0) is 20.2 Å². The van der Waals surface area contributed by atoms with Crippen LogP contribution < -0.4 is 0 Å². The lowest BCUT2D eigenvalue weighted by atomic mass is 10.2. The summed E-state index contributed by atoms with van der Waals surface area (Å²) in [6, 6.07) is 1.11. The number of benzene rings is 1. The summed E-state index contributed by atoms with van der Waals surface area (Å²) < 4.78 is 61.0. The fourth-order valence-electron chi connectivity index (χ4n) is 1.06. The molecule has 0 amide bonds.